The lowest BCUT2D eigenvalue weighted by Gasteiger charge is -2.19. The summed E-state index contributed by atoms with van der Waals surface area (Å²) in [5.74, 6) is 0. The molecule has 0 saturated carbocycles. The molecule has 19 heavy (non-hydrogen) atoms. The number of anilines is 1. The Morgan fingerprint density at radius 3 is 2.53 bits per heavy atom. The molecule has 1 aromatic carbocycles. The topological polar surface area (TPSA) is 75.4 Å². The van der Waals surface area contributed by atoms with Crippen molar-refractivity contribution in [3.05, 3.63) is 27.7 Å². The molecule has 0 aliphatic heterocycles. The van der Waals surface area contributed by atoms with E-state index in [2.05, 4.69) is 4.72 Å². The fourth-order valence-corrected chi connectivity index (χ4v) is 2.83. The van der Waals surface area contributed by atoms with Crippen LogP contribution in [0.4, 0.5) is 5.69 Å². The third kappa shape index (κ3) is 4.50. The monoisotopic (exact) mass is 325 g/mol. The molecule has 5 nitrogen and oxygen atoms in total. The summed E-state index contributed by atoms with van der Waals surface area (Å²) in [4.78, 5) is 0. The highest BCUT2D eigenvalue weighted by atomic mass is 35.5. The molecule has 0 radical (unpaired) electrons. The Balaban J connectivity index is 2.92. The van der Waals surface area contributed by atoms with E-state index < -0.39 is 10.2 Å². The van der Waals surface area contributed by atoms with Crippen molar-refractivity contribution in [3.8, 4) is 0 Å². The van der Waals surface area contributed by atoms with Crippen molar-refractivity contribution in [2.45, 2.75) is 13.3 Å². The van der Waals surface area contributed by atoms with Gasteiger partial charge < -0.3 is 5.73 Å². The van der Waals surface area contributed by atoms with Crippen LogP contribution in [0.2, 0.25) is 10.0 Å². The molecule has 0 aliphatic carbocycles. The van der Waals surface area contributed by atoms with Crippen molar-refractivity contribution < 1.29 is 8.42 Å². The molecule has 0 unspecified atom stereocenters. The molecule has 3 N–H and O–H groups in total. The molecule has 1 aromatic rings. The van der Waals surface area contributed by atoms with Crippen LogP contribution in [-0.4, -0.2) is 32.9 Å². The van der Waals surface area contributed by atoms with Crippen LogP contribution >= 0.6 is 23.2 Å². The predicted octanol–water partition coefficient (Wildman–Crippen LogP) is 2.24. The van der Waals surface area contributed by atoms with E-state index in [-0.39, 0.29) is 5.69 Å². The second kappa shape index (κ2) is 6.76. The molecule has 0 aliphatic rings. The van der Waals surface area contributed by atoms with Crippen LogP contribution in [0.1, 0.15) is 12.0 Å². The number of nitrogens with two attached hydrogens (primary N) is 1. The highest BCUT2D eigenvalue weighted by molar-refractivity contribution is 7.90. The van der Waals surface area contributed by atoms with Crippen molar-refractivity contribution in [2.75, 3.05) is 24.9 Å². The van der Waals surface area contributed by atoms with Gasteiger partial charge in [0.25, 0.3) is 0 Å². The van der Waals surface area contributed by atoms with Crippen LogP contribution in [0, 0.1) is 6.92 Å². The molecule has 108 valence electrons. The third-order valence-electron chi connectivity index (χ3n) is 2.57. The third-order valence-corrected chi connectivity index (χ3v) is 4.78. The molecule has 0 fully saturated rings. The first-order valence-electron chi connectivity index (χ1n) is 5.67. The van der Waals surface area contributed by atoms with Gasteiger partial charge in [-0.3, -0.25) is 4.72 Å². The van der Waals surface area contributed by atoms with E-state index in [0.29, 0.717) is 29.6 Å². The summed E-state index contributed by atoms with van der Waals surface area (Å²) in [5.41, 5.74) is 6.40. The Morgan fingerprint density at radius 1 is 1.32 bits per heavy atom. The fraction of sp³-hybridized carbons (Fsp3) is 0.455. The summed E-state index contributed by atoms with van der Waals surface area (Å²) in [6.07, 6.45) is 0.583. The van der Waals surface area contributed by atoms with E-state index in [1.807, 2.05) is 0 Å². The maximum Gasteiger partial charge on any atom is 0.301 e. The fourth-order valence-electron chi connectivity index (χ4n) is 1.38. The van der Waals surface area contributed by atoms with Gasteiger partial charge in [-0.2, -0.15) is 12.7 Å². The summed E-state index contributed by atoms with van der Waals surface area (Å²) in [6, 6.07) is 3.11. The number of halogens is 2. The number of nitrogens with one attached hydrogen (secondary N) is 1. The minimum atomic E-state index is -3.65. The summed E-state index contributed by atoms with van der Waals surface area (Å²) < 4.78 is 27.6. The second-order valence-corrected chi connectivity index (χ2v) is 6.74. The van der Waals surface area contributed by atoms with Crippen LogP contribution in [0.25, 0.3) is 0 Å². The van der Waals surface area contributed by atoms with E-state index in [9.17, 15) is 8.42 Å². The smallest absolute Gasteiger partial charge is 0.301 e. The Kier molecular flexibility index (Phi) is 5.88. The van der Waals surface area contributed by atoms with Gasteiger partial charge in [0.1, 0.15) is 0 Å². The van der Waals surface area contributed by atoms with E-state index in [1.165, 1.54) is 17.4 Å². The minimum Gasteiger partial charge on any atom is -0.330 e. The average molecular weight is 326 g/mol. The second-order valence-electron chi connectivity index (χ2n) is 4.15. The van der Waals surface area contributed by atoms with Gasteiger partial charge in [0.15, 0.2) is 0 Å². The molecule has 0 saturated heterocycles. The summed E-state index contributed by atoms with van der Waals surface area (Å²) in [6.45, 7) is 2.56. The number of benzene rings is 1. The van der Waals surface area contributed by atoms with Gasteiger partial charge in [-0.15, -0.1) is 0 Å². The zero-order chi connectivity index (χ0) is 14.6. The lowest BCUT2D eigenvalue weighted by molar-refractivity contribution is 0.468. The molecule has 0 aromatic heterocycles. The zero-order valence-corrected chi connectivity index (χ0v) is 13.1. The Hall–Kier alpha value is -0.530. The van der Waals surface area contributed by atoms with Gasteiger partial charge in [-0.25, -0.2) is 0 Å². The van der Waals surface area contributed by atoms with Crippen molar-refractivity contribution >= 4 is 39.1 Å². The van der Waals surface area contributed by atoms with Crippen molar-refractivity contribution in [2.24, 2.45) is 5.73 Å². The first-order valence-corrected chi connectivity index (χ1v) is 7.87. The van der Waals surface area contributed by atoms with Gasteiger partial charge in [0.05, 0.1) is 10.7 Å². The Labute approximate surface area is 123 Å². The van der Waals surface area contributed by atoms with Crippen molar-refractivity contribution in [1.82, 2.24) is 4.31 Å². The van der Waals surface area contributed by atoms with Gasteiger partial charge in [-0.1, -0.05) is 23.2 Å². The van der Waals surface area contributed by atoms with E-state index in [0.717, 1.165) is 5.56 Å². The molecule has 0 atom stereocenters. The normalized spacial score (nSPS) is 11.9. The first-order chi connectivity index (χ1) is 8.77. The number of aryl methyl sites for hydroxylation is 1. The maximum atomic E-state index is 12.0. The van der Waals surface area contributed by atoms with Gasteiger partial charge in [-0.05, 0) is 37.6 Å². The first kappa shape index (κ1) is 16.5. The lowest BCUT2D eigenvalue weighted by atomic mass is 10.2. The molecule has 0 amide bonds. The van der Waals surface area contributed by atoms with Crippen LogP contribution < -0.4 is 10.5 Å². The average Bonchev–Trinajstić information content (AvgIpc) is 2.32. The van der Waals surface area contributed by atoms with Crippen molar-refractivity contribution in [3.63, 3.8) is 0 Å². The Morgan fingerprint density at radius 2 is 1.95 bits per heavy atom. The quantitative estimate of drug-likeness (QED) is 0.842. The summed E-state index contributed by atoms with van der Waals surface area (Å²) in [5, 5.41) is 0.754. The highest BCUT2D eigenvalue weighted by Crippen LogP contribution is 2.29. The molecule has 0 spiro atoms. The minimum absolute atomic E-state index is 0.261. The van der Waals surface area contributed by atoms with E-state index >= 15 is 0 Å². The number of hydrogen-bond acceptors (Lipinski definition) is 3. The number of rotatable bonds is 6. The molecular formula is C11H17Cl2N3O2S. The molecule has 0 heterocycles. The molecule has 0 bridgehead atoms. The standard InChI is InChI=1S/C11H17Cl2N3O2S/c1-8-6-10(13)11(7-9(8)12)15-19(17,18)16(2)5-3-4-14/h6-7,15H,3-5,14H2,1-2H3. The number of hydrogen-bond donors (Lipinski definition) is 2. The van der Waals surface area contributed by atoms with Crippen LogP contribution in [0.3, 0.4) is 0 Å². The zero-order valence-electron chi connectivity index (χ0n) is 10.8. The summed E-state index contributed by atoms with van der Waals surface area (Å²) in [7, 11) is -2.18. The largest absolute Gasteiger partial charge is 0.330 e. The molecule has 1 rings (SSSR count). The highest BCUT2D eigenvalue weighted by Gasteiger charge is 2.18. The van der Waals surface area contributed by atoms with Crippen LogP contribution in [0.5, 0.6) is 0 Å². The van der Waals surface area contributed by atoms with Crippen LogP contribution in [0.15, 0.2) is 12.1 Å². The van der Waals surface area contributed by atoms with Gasteiger partial charge >= 0.3 is 10.2 Å². The van der Waals surface area contributed by atoms with E-state index in [4.69, 9.17) is 28.9 Å². The molecule has 8 heteroatoms. The molecular weight excluding hydrogens is 309 g/mol. The summed E-state index contributed by atoms with van der Waals surface area (Å²) >= 11 is 11.9. The van der Waals surface area contributed by atoms with Crippen LogP contribution in [-0.2, 0) is 10.2 Å². The van der Waals surface area contributed by atoms with Gasteiger partial charge in [0, 0.05) is 18.6 Å². The predicted molar refractivity (Wildman–Crippen MR) is 80.0 cm³/mol. The van der Waals surface area contributed by atoms with Gasteiger partial charge in [0.2, 0.25) is 0 Å². The number of nitrogens with zero attached hydrogens (tertiary/aromatic N) is 1. The van der Waals surface area contributed by atoms with Crippen molar-refractivity contribution in [1.29, 1.82) is 0 Å². The Bertz CT molecular complexity index is 549. The van der Waals surface area contributed by atoms with E-state index in [1.54, 1.807) is 13.0 Å². The SMILES string of the molecule is Cc1cc(Cl)c(NS(=O)(=O)N(C)CCCN)cc1Cl. The lowest BCUT2D eigenvalue weighted by Crippen LogP contribution is -2.34. The maximum absolute atomic E-state index is 12.0.